The van der Waals surface area contributed by atoms with Gasteiger partial charge in [0.25, 0.3) is 0 Å². The summed E-state index contributed by atoms with van der Waals surface area (Å²) in [5.41, 5.74) is 8.44. The second-order valence-corrected chi connectivity index (χ2v) is 2.82. The summed E-state index contributed by atoms with van der Waals surface area (Å²) in [6.07, 6.45) is 0. The van der Waals surface area contributed by atoms with Crippen LogP contribution in [0.5, 0.6) is 0 Å². The van der Waals surface area contributed by atoms with Crippen LogP contribution in [0.2, 0.25) is 5.02 Å². The van der Waals surface area contributed by atoms with Gasteiger partial charge in [-0.05, 0) is 18.2 Å². The van der Waals surface area contributed by atoms with Crippen molar-refractivity contribution in [1.29, 1.82) is 5.26 Å². The Labute approximate surface area is 86.0 Å². The Morgan fingerprint density at radius 3 is 2.79 bits per heavy atom. The molecule has 0 amide bonds. The molecule has 0 aliphatic carbocycles. The Morgan fingerprint density at radius 2 is 2.29 bits per heavy atom. The van der Waals surface area contributed by atoms with Gasteiger partial charge >= 0.3 is 0 Å². The van der Waals surface area contributed by atoms with Gasteiger partial charge in [0, 0.05) is 0 Å². The van der Waals surface area contributed by atoms with Gasteiger partial charge in [0.1, 0.15) is 6.07 Å². The summed E-state index contributed by atoms with van der Waals surface area (Å²) in [4.78, 5) is 3.88. The van der Waals surface area contributed by atoms with Crippen molar-refractivity contribution in [2.45, 2.75) is 0 Å². The average molecular weight is 210 g/mol. The predicted molar refractivity (Wildman–Crippen MR) is 54.8 cm³/mol. The van der Waals surface area contributed by atoms with Gasteiger partial charge in [0.2, 0.25) is 5.96 Å². The summed E-state index contributed by atoms with van der Waals surface area (Å²) in [5, 5.41) is 8.94. The first kappa shape index (κ1) is 10.3. The van der Waals surface area contributed by atoms with Gasteiger partial charge in [-0.15, -0.1) is 0 Å². The second kappa shape index (κ2) is 4.46. The van der Waals surface area contributed by atoms with Gasteiger partial charge in [-0.25, -0.2) is 10.8 Å². The smallest absolute Gasteiger partial charge is 0.208 e. The van der Waals surface area contributed by atoms with E-state index in [2.05, 4.69) is 10.4 Å². The highest BCUT2D eigenvalue weighted by Gasteiger charge is 2.00. The molecule has 14 heavy (non-hydrogen) atoms. The fourth-order valence-corrected chi connectivity index (χ4v) is 1.05. The maximum absolute atomic E-state index is 8.61. The minimum absolute atomic E-state index is 0.0748. The van der Waals surface area contributed by atoms with E-state index in [0.29, 0.717) is 16.3 Å². The van der Waals surface area contributed by atoms with Crippen molar-refractivity contribution in [3.63, 3.8) is 0 Å². The molecular formula is C8H8ClN5. The number of hydrogen-bond acceptors (Lipinski definition) is 3. The highest BCUT2D eigenvalue weighted by Crippen LogP contribution is 2.21. The average Bonchev–Trinajstić information content (AvgIpc) is 2.18. The zero-order valence-corrected chi connectivity index (χ0v) is 7.92. The summed E-state index contributed by atoms with van der Waals surface area (Å²) in [7, 11) is 0. The SMILES string of the molecule is N#Cc1ccc(N=C(N)NN)cc1Cl. The Balaban J connectivity index is 3.05. The van der Waals surface area contributed by atoms with E-state index in [9.17, 15) is 0 Å². The van der Waals surface area contributed by atoms with E-state index in [1.807, 2.05) is 6.07 Å². The van der Waals surface area contributed by atoms with Crippen LogP contribution in [0.15, 0.2) is 23.2 Å². The lowest BCUT2D eigenvalue weighted by atomic mass is 10.2. The standard InChI is InChI=1S/C8H8ClN5/c9-7-3-6(13-8(11)14-12)2-1-5(7)4-10/h1-3H,12H2,(H3,11,13,14). The van der Waals surface area contributed by atoms with Crippen LogP contribution in [0, 0.1) is 11.3 Å². The Bertz CT molecular complexity index is 407. The van der Waals surface area contributed by atoms with Crippen molar-refractivity contribution in [1.82, 2.24) is 5.43 Å². The summed E-state index contributed by atoms with van der Waals surface area (Å²) < 4.78 is 0. The molecule has 0 aliphatic rings. The lowest BCUT2D eigenvalue weighted by molar-refractivity contribution is 1.01. The number of halogens is 1. The molecule has 0 bridgehead atoms. The third-order valence-electron chi connectivity index (χ3n) is 1.47. The molecule has 0 radical (unpaired) electrons. The number of hydrazine groups is 1. The maximum Gasteiger partial charge on any atom is 0.208 e. The quantitative estimate of drug-likeness (QED) is 0.273. The minimum Gasteiger partial charge on any atom is -0.369 e. The molecule has 1 aromatic carbocycles. The summed E-state index contributed by atoms with van der Waals surface area (Å²) in [6.45, 7) is 0. The molecule has 0 atom stereocenters. The number of nitrogens with two attached hydrogens (primary N) is 2. The molecule has 0 fully saturated rings. The summed E-state index contributed by atoms with van der Waals surface area (Å²) in [5.74, 6) is 5.10. The fraction of sp³-hybridized carbons (Fsp3) is 0. The van der Waals surface area contributed by atoms with E-state index in [1.54, 1.807) is 12.1 Å². The molecule has 0 saturated carbocycles. The Hall–Kier alpha value is -1.77. The number of nitrogens with zero attached hydrogens (tertiary/aromatic N) is 2. The van der Waals surface area contributed by atoms with Crippen molar-refractivity contribution >= 4 is 23.2 Å². The molecule has 1 aromatic rings. The third-order valence-corrected chi connectivity index (χ3v) is 1.78. The van der Waals surface area contributed by atoms with Gasteiger partial charge < -0.3 is 5.73 Å². The van der Waals surface area contributed by atoms with Crippen LogP contribution in [-0.2, 0) is 0 Å². The van der Waals surface area contributed by atoms with Gasteiger partial charge in [-0.1, -0.05) is 11.6 Å². The number of nitriles is 1. The minimum atomic E-state index is 0.0748. The van der Waals surface area contributed by atoms with Crippen LogP contribution in [0.1, 0.15) is 5.56 Å². The van der Waals surface area contributed by atoms with Crippen LogP contribution < -0.4 is 17.0 Å². The molecule has 5 N–H and O–H groups in total. The molecule has 0 spiro atoms. The maximum atomic E-state index is 8.61. The predicted octanol–water partition coefficient (Wildman–Crippen LogP) is 0.621. The lowest BCUT2D eigenvalue weighted by Gasteiger charge is -1.99. The molecule has 0 heterocycles. The molecular weight excluding hydrogens is 202 g/mol. The molecule has 72 valence electrons. The summed E-state index contributed by atoms with van der Waals surface area (Å²) in [6, 6.07) is 6.65. The molecule has 5 nitrogen and oxygen atoms in total. The summed E-state index contributed by atoms with van der Waals surface area (Å²) >= 11 is 5.77. The third kappa shape index (κ3) is 2.36. The van der Waals surface area contributed by atoms with Crippen molar-refractivity contribution in [3.05, 3.63) is 28.8 Å². The van der Waals surface area contributed by atoms with Crippen molar-refractivity contribution in [2.24, 2.45) is 16.6 Å². The number of rotatable bonds is 1. The molecule has 0 aromatic heterocycles. The second-order valence-electron chi connectivity index (χ2n) is 2.42. The highest BCUT2D eigenvalue weighted by molar-refractivity contribution is 6.32. The van der Waals surface area contributed by atoms with Crippen LogP contribution in [0.4, 0.5) is 5.69 Å². The lowest BCUT2D eigenvalue weighted by Crippen LogP contribution is -2.36. The largest absolute Gasteiger partial charge is 0.369 e. The van der Waals surface area contributed by atoms with Crippen molar-refractivity contribution < 1.29 is 0 Å². The number of nitrogens with one attached hydrogen (secondary N) is 1. The van der Waals surface area contributed by atoms with Gasteiger partial charge in [0.05, 0.1) is 16.3 Å². The first-order valence-corrected chi connectivity index (χ1v) is 4.05. The topological polar surface area (TPSA) is 100 Å². The van der Waals surface area contributed by atoms with E-state index in [-0.39, 0.29) is 5.96 Å². The van der Waals surface area contributed by atoms with Crippen LogP contribution in [0.25, 0.3) is 0 Å². The first-order chi connectivity index (χ1) is 6.67. The molecule has 0 saturated heterocycles. The molecule has 0 unspecified atom stereocenters. The van der Waals surface area contributed by atoms with Crippen molar-refractivity contribution in [3.8, 4) is 6.07 Å². The van der Waals surface area contributed by atoms with Crippen molar-refractivity contribution in [2.75, 3.05) is 0 Å². The normalized spacial score (nSPS) is 10.8. The van der Waals surface area contributed by atoms with Crippen LogP contribution >= 0.6 is 11.6 Å². The zero-order valence-electron chi connectivity index (χ0n) is 7.16. The Morgan fingerprint density at radius 1 is 1.57 bits per heavy atom. The number of hydrogen-bond donors (Lipinski definition) is 3. The fourth-order valence-electron chi connectivity index (χ4n) is 0.836. The van der Waals surface area contributed by atoms with Gasteiger partial charge in [0.15, 0.2) is 0 Å². The first-order valence-electron chi connectivity index (χ1n) is 3.68. The van der Waals surface area contributed by atoms with Gasteiger partial charge in [-0.2, -0.15) is 5.26 Å². The molecule has 0 aliphatic heterocycles. The Kier molecular flexibility index (Phi) is 3.29. The number of benzene rings is 1. The highest BCUT2D eigenvalue weighted by atomic mass is 35.5. The van der Waals surface area contributed by atoms with Crippen LogP contribution in [-0.4, -0.2) is 5.96 Å². The number of aliphatic imine (C=N–C) groups is 1. The van der Waals surface area contributed by atoms with E-state index in [4.69, 9.17) is 28.4 Å². The monoisotopic (exact) mass is 209 g/mol. The van der Waals surface area contributed by atoms with Crippen LogP contribution in [0.3, 0.4) is 0 Å². The molecule has 6 heteroatoms. The van der Waals surface area contributed by atoms with E-state index >= 15 is 0 Å². The van der Waals surface area contributed by atoms with E-state index < -0.39 is 0 Å². The van der Waals surface area contributed by atoms with E-state index in [1.165, 1.54) is 6.07 Å². The van der Waals surface area contributed by atoms with E-state index in [0.717, 1.165) is 0 Å². The zero-order chi connectivity index (χ0) is 10.6. The number of guanidine groups is 1. The molecule has 1 rings (SSSR count). The van der Waals surface area contributed by atoms with Gasteiger partial charge in [-0.3, -0.25) is 5.43 Å².